The molecule has 0 aliphatic heterocycles. The van der Waals surface area contributed by atoms with E-state index in [2.05, 4.69) is 51.4 Å². The monoisotopic (exact) mass is 369 g/mol. The molecule has 0 aromatic heterocycles. The molecule has 0 amide bonds. The number of nitrogens with zero attached hydrogens (tertiary/aromatic N) is 1. The van der Waals surface area contributed by atoms with E-state index in [-0.39, 0.29) is 17.0 Å². The van der Waals surface area contributed by atoms with Crippen molar-refractivity contribution in [2.45, 2.75) is 71.1 Å². The van der Waals surface area contributed by atoms with Crippen LogP contribution in [0, 0.1) is 0 Å². The molecule has 0 spiro atoms. The van der Waals surface area contributed by atoms with Gasteiger partial charge in [-0.2, -0.15) is 0 Å². The van der Waals surface area contributed by atoms with Gasteiger partial charge in [0.1, 0.15) is 5.69 Å². The van der Waals surface area contributed by atoms with Gasteiger partial charge in [-0.15, -0.1) is 0 Å². The Morgan fingerprint density at radius 2 is 1.14 bits per heavy atom. The SMILES string of the molecule is CCCCCCCCCCCC[N+](C)(C)c1ccccc1.[Br-]. The topological polar surface area (TPSA) is 0 Å². The molecule has 0 aliphatic rings. The van der Waals surface area contributed by atoms with Crippen LogP contribution in [0.3, 0.4) is 0 Å². The summed E-state index contributed by atoms with van der Waals surface area (Å²) < 4.78 is 1.01. The molecule has 0 aliphatic carbocycles. The zero-order valence-electron chi connectivity index (χ0n) is 15.0. The fourth-order valence-corrected chi connectivity index (χ4v) is 2.96. The van der Waals surface area contributed by atoms with E-state index in [1.54, 1.807) is 0 Å². The van der Waals surface area contributed by atoms with E-state index < -0.39 is 0 Å². The van der Waals surface area contributed by atoms with E-state index in [4.69, 9.17) is 0 Å². The van der Waals surface area contributed by atoms with Gasteiger partial charge in [0, 0.05) is 0 Å². The second kappa shape index (κ2) is 13.1. The first kappa shape index (κ1) is 21.7. The molecule has 0 bridgehead atoms. The maximum absolute atomic E-state index is 2.32. The van der Waals surface area contributed by atoms with Crippen LogP contribution in [0.25, 0.3) is 0 Å². The zero-order chi connectivity index (χ0) is 15.4. The van der Waals surface area contributed by atoms with Gasteiger partial charge in [-0.1, -0.05) is 76.5 Å². The van der Waals surface area contributed by atoms with Gasteiger partial charge >= 0.3 is 0 Å². The van der Waals surface area contributed by atoms with Gasteiger partial charge in [0.25, 0.3) is 0 Å². The Morgan fingerprint density at radius 3 is 1.64 bits per heavy atom. The first-order valence-electron chi connectivity index (χ1n) is 9.05. The van der Waals surface area contributed by atoms with Crippen LogP contribution in [0.1, 0.15) is 71.1 Å². The molecular formula is C20H36BrN. The summed E-state index contributed by atoms with van der Waals surface area (Å²) in [6.45, 7) is 3.54. The molecule has 1 aromatic rings. The Labute approximate surface area is 149 Å². The zero-order valence-corrected chi connectivity index (χ0v) is 16.6. The molecule has 0 unspecified atom stereocenters. The molecule has 2 heteroatoms. The highest BCUT2D eigenvalue weighted by atomic mass is 79.9. The van der Waals surface area contributed by atoms with Gasteiger partial charge in [0.15, 0.2) is 0 Å². The van der Waals surface area contributed by atoms with Gasteiger partial charge < -0.3 is 17.0 Å². The van der Waals surface area contributed by atoms with Crippen LogP contribution in [-0.2, 0) is 0 Å². The van der Waals surface area contributed by atoms with Gasteiger partial charge in [-0.25, -0.2) is 0 Å². The first-order chi connectivity index (χ1) is 10.2. The second-order valence-corrected chi connectivity index (χ2v) is 6.93. The van der Waals surface area contributed by atoms with Gasteiger partial charge in [0.05, 0.1) is 20.6 Å². The third kappa shape index (κ3) is 9.63. The van der Waals surface area contributed by atoms with E-state index >= 15 is 0 Å². The average Bonchev–Trinajstić information content (AvgIpc) is 2.50. The fourth-order valence-electron chi connectivity index (χ4n) is 2.96. The lowest BCUT2D eigenvalue weighted by Gasteiger charge is -2.29. The van der Waals surface area contributed by atoms with Crippen LogP contribution in [0.2, 0.25) is 0 Å². The Hall–Kier alpha value is -0.340. The van der Waals surface area contributed by atoms with Gasteiger partial charge in [-0.05, 0) is 25.0 Å². The lowest BCUT2D eigenvalue weighted by Crippen LogP contribution is -3.00. The molecule has 0 heterocycles. The van der Waals surface area contributed by atoms with Crippen LogP contribution in [-0.4, -0.2) is 20.6 Å². The highest BCUT2D eigenvalue weighted by molar-refractivity contribution is 5.40. The van der Waals surface area contributed by atoms with E-state index in [1.165, 1.54) is 76.4 Å². The van der Waals surface area contributed by atoms with E-state index in [0.29, 0.717) is 0 Å². The molecule has 0 atom stereocenters. The molecule has 0 fully saturated rings. The largest absolute Gasteiger partial charge is 1.00 e. The molecule has 1 nitrogen and oxygen atoms in total. The van der Waals surface area contributed by atoms with Crippen LogP contribution in [0.4, 0.5) is 5.69 Å². The molecule has 0 saturated heterocycles. The van der Waals surface area contributed by atoms with Crippen LogP contribution in [0.15, 0.2) is 30.3 Å². The van der Waals surface area contributed by atoms with Gasteiger partial charge in [0.2, 0.25) is 0 Å². The standard InChI is InChI=1S/C20H36N.BrH/c1-4-5-6-7-8-9-10-11-12-16-19-21(2,3)20-17-14-13-15-18-20;/h13-15,17-18H,4-12,16,19H2,1-3H3;1H/q+1;/p-1. The number of halogens is 1. The Bertz CT molecular complexity index is 348. The molecule has 0 saturated carbocycles. The molecule has 0 radical (unpaired) electrons. The molecule has 128 valence electrons. The van der Waals surface area contributed by atoms with Crippen molar-refractivity contribution in [2.24, 2.45) is 0 Å². The maximum atomic E-state index is 2.32. The van der Waals surface area contributed by atoms with Crippen molar-refractivity contribution in [1.82, 2.24) is 4.48 Å². The van der Waals surface area contributed by atoms with Crippen molar-refractivity contribution in [2.75, 3.05) is 20.6 Å². The third-order valence-electron chi connectivity index (χ3n) is 4.53. The minimum absolute atomic E-state index is 0. The van der Waals surface area contributed by atoms with Crippen molar-refractivity contribution < 1.29 is 17.0 Å². The number of quaternary nitrogens is 1. The quantitative estimate of drug-likeness (QED) is 0.392. The lowest BCUT2D eigenvalue weighted by atomic mass is 10.1. The number of rotatable bonds is 12. The Balaban J connectivity index is 0.00000441. The normalized spacial score (nSPS) is 11.2. The Kier molecular flexibility index (Phi) is 12.9. The summed E-state index contributed by atoms with van der Waals surface area (Å²) >= 11 is 0. The van der Waals surface area contributed by atoms with Crippen molar-refractivity contribution >= 4 is 5.69 Å². The van der Waals surface area contributed by atoms with E-state index in [0.717, 1.165) is 4.48 Å². The number of hydrogen-bond acceptors (Lipinski definition) is 0. The average molecular weight is 370 g/mol. The number of hydrogen-bond donors (Lipinski definition) is 0. The predicted octanol–water partition coefficient (Wildman–Crippen LogP) is 3.18. The molecular weight excluding hydrogens is 334 g/mol. The predicted molar refractivity (Wildman–Crippen MR) is 96.8 cm³/mol. The molecule has 0 N–H and O–H groups in total. The second-order valence-electron chi connectivity index (χ2n) is 6.93. The minimum atomic E-state index is 0. The third-order valence-corrected chi connectivity index (χ3v) is 4.53. The summed E-state index contributed by atoms with van der Waals surface area (Å²) in [5, 5.41) is 0. The first-order valence-corrected chi connectivity index (χ1v) is 9.05. The van der Waals surface area contributed by atoms with Crippen molar-refractivity contribution in [3.8, 4) is 0 Å². The van der Waals surface area contributed by atoms with Crippen molar-refractivity contribution in [3.63, 3.8) is 0 Å². The highest BCUT2D eigenvalue weighted by Gasteiger charge is 2.17. The number of unbranched alkanes of at least 4 members (excludes halogenated alkanes) is 9. The maximum Gasteiger partial charge on any atom is 0.132 e. The summed E-state index contributed by atoms with van der Waals surface area (Å²) in [7, 11) is 4.64. The number of benzene rings is 1. The number of para-hydroxylation sites is 1. The van der Waals surface area contributed by atoms with Crippen LogP contribution < -0.4 is 21.5 Å². The summed E-state index contributed by atoms with van der Waals surface area (Å²) in [5.74, 6) is 0. The highest BCUT2D eigenvalue weighted by Crippen LogP contribution is 2.19. The minimum Gasteiger partial charge on any atom is -1.00 e. The van der Waals surface area contributed by atoms with E-state index in [1.807, 2.05) is 0 Å². The summed E-state index contributed by atoms with van der Waals surface area (Å²) in [6.07, 6.45) is 14.2. The summed E-state index contributed by atoms with van der Waals surface area (Å²) in [5.41, 5.74) is 1.42. The molecule has 1 rings (SSSR count). The van der Waals surface area contributed by atoms with E-state index in [9.17, 15) is 0 Å². The van der Waals surface area contributed by atoms with Crippen molar-refractivity contribution in [1.29, 1.82) is 0 Å². The fraction of sp³-hybridized carbons (Fsp3) is 0.700. The van der Waals surface area contributed by atoms with Gasteiger partial charge in [-0.3, -0.25) is 4.48 Å². The molecule has 22 heavy (non-hydrogen) atoms. The van der Waals surface area contributed by atoms with Crippen LogP contribution >= 0.6 is 0 Å². The smallest absolute Gasteiger partial charge is 0.132 e. The lowest BCUT2D eigenvalue weighted by molar-refractivity contribution is -0.00000472. The molecule has 1 aromatic carbocycles. The summed E-state index contributed by atoms with van der Waals surface area (Å²) in [4.78, 5) is 0. The Morgan fingerprint density at radius 1 is 0.682 bits per heavy atom. The van der Waals surface area contributed by atoms with Crippen LogP contribution in [0.5, 0.6) is 0 Å². The summed E-state index contributed by atoms with van der Waals surface area (Å²) in [6, 6.07) is 10.9. The van der Waals surface area contributed by atoms with Crippen molar-refractivity contribution in [3.05, 3.63) is 30.3 Å².